The maximum Gasteiger partial charge on any atom is 0.260 e. The highest BCUT2D eigenvalue weighted by Gasteiger charge is 2.25. The number of ether oxygens (including phenoxy) is 1. The Kier molecular flexibility index (Phi) is 7.04. The van der Waals surface area contributed by atoms with Crippen LogP contribution in [0.15, 0.2) is 36.4 Å². The highest BCUT2D eigenvalue weighted by Crippen LogP contribution is 2.26. The smallest absolute Gasteiger partial charge is 0.260 e. The van der Waals surface area contributed by atoms with Crippen molar-refractivity contribution in [2.24, 2.45) is 0 Å². The van der Waals surface area contributed by atoms with Gasteiger partial charge in [0.2, 0.25) is 0 Å². The number of piperidine rings is 1. The van der Waals surface area contributed by atoms with Crippen LogP contribution in [-0.4, -0.2) is 42.5 Å². The van der Waals surface area contributed by atoms with Crippen LogP contribution in [0.5, 0.6) is 5.75 Å². The topological polar surface area (TPSA) is 58.6 Å². The molecule has 1 aliphatic heterocycles. The van der Waals surface area contributed by atoms with Crippen molar-refractivity contribution in [1.29, 1.82) is 0 Å². The zero-order valence-corrected chi connectivity index (χ0v) is 18.0. The fourth-order valence-electron chi connectivity index (χ4n) is 3.41. The molecule has 7 heteroatoms. The summed E-state index contributed by atoms with van der Waals surface area (Å²) in [6, 6.07) is 10.7. The molecule has 0 radical (unpaired) electrons. The summed E-state index contributed by atoms with van der Waals surface area (Å²) in [5.41, 5.74) is 2.31. The zero-order valence-electron chi connectivity index (χ0n) is 16.5. The number of hydrogen-bond donors (Lipinski definition) is 1. The van der Waals surface area contributed by atoms with E-state index in [0.717, 1.165) is 11.1 Å². The van der Waals surface area contributed by atoms with Gasteiger partial charge in [-0.2, -0.15) is 0 Å². The summed E-state index contributed by atoms with van der Waals surface area (Å²) < 4.78 is 5.67. The van der Waals surface area contributed by atoms with Crippen LogP contribution in [0.4, 0.5) is 0 Å². The first kappa shape index (κ1) is 21.5. The summed E-state index contributed by atoms with van der Waals surface area (Å²) in [4.78, 5) is 26.6. The van der Waals surface area contributed by atoms with Crippen molar-refractivity contribution in [1.82, 2.24) is 10.2 Å². The van der Waals surface area contributed by atoms with Crippen LogP contribution in [-0.2, 0) is 4.79 Å². The molecule has 3 rings (SSSR count). The van der Waals surface area contributed by atoms with Gasteiger partial charge in [-0.05, 0) is 62.1 Å². The minimum Gasteiger partial charge on any atom is -0.484 e. The van der Waals surface area contributed by atoms with E-state index in [9.17, 15) is 9.59 Å². The summed E-state index contributed by atoms with van der Waals surface area (Å²) in [5.74, 6) is 0.392. The third kappa shape index (κ3) is 5.43. The molecule has 1 aliphatic rings. The Morgan fingerprint density at radius 3 is 2.34 bits per heavy atom. The van der Waals surface area contributed by atoms with Gasteiger partial charge in [-0.15, -0.1) is 0 Å². The van der Waals surface area contributed by atoms with Gasteiger partial charge in [0.15, 0.2) is 6.61 Å². The summed E-state index contributed by atoms with van der Waals surface area (Å²) in [7, 11) is 0. The van der Waals surface area contributed by atoms with Crippen molar-refractivity contribution in [3.05, 3.63) is 63.1 Å². The molecule has 2 aromatic rings. The summed E-state index contributed by atoms with van der Waals surface area (Å²) in [6.45, 7) is 4.96. The molecule has 1 saturated heterocycles. The van der Waals surface area contributed by atoms with Crippen LogP contribution < -0.4 is 10.1 Å². The molecule has 0 aromatic heterocycles. The standard InChI is InChI=1S/C22H24Cl2N2O3/c1-14-11-17(12-15(2)21(14)24)29-13-20(27)26-9-7-16(8-10-26)25-22(28)18-5-3-4-6-19(18)23/h3-6,11-12,16H,7-10,13H2,1-2H3,(H,25,28). The maximum atomic E-state index is 12.5. The summed E-state index contributed by atoms with van der Waals surface area (Å²) >= 11 is 12.2. The van der Waals surface area contributed by atoms with E-state index in [4.69, 9.17) is 27.9 Å². The predicted molar refractivity (Wildman–Crippen MR) is 115 cm³/mol. The average molecular weight is 435 g/mol. The lowest BCUT2D eigenvalue weighted by atomic mass is 10.0. The van der Waals surface area contributed by atoms with Crippen LogP contribution in [0.3, 0.4) is 0 Å². The largest absolute Gasteiger partial charge is 0.484 e. The van der Waals surface area contributed by atoms with E-state index < -0.39 is 0 Å². The molecule has 29 heavy (non-hydrogen) atoms. The fourth-order valence-corrected chi connectivity index (χ4v) is 3.74. The van der Waals surface area contributed by atoms with Crippen LogP contribution >= 0.6 is 23.2 Å². The number of carbonyl (C=O) groups excluding carboxylic acids is 2. The van der Waals surface area contributed by atoms with Crippen LogP contribution in [0.2, 0.25) is 10.0 Å². The number of carbonyl (C=O) groups is 2. The number of nitrogens with zero attached hydrogens (tertiary/aromatic N) is 1. The van der Waals surface area contributed by atoms with Crippen molar-refractivity contribution in [3.8, 4) is 5.75 Å². The van der Waals surface area contributed by atoms with Gasteiger partial charge in [-0.3, -0.25) is 9.59 Å². The molecule has 1 N–H and O–H groups in total. The molecule has 0 bridgehead atoms. The highest BCUT2D eigenvalue weighted by atomic mass is 35.5. The Bertz CT molecular complexity index is 886. The quantitative estimate of drug-likeness (QED) is 0.757. The Morgan fingerprint density at radius 2 is 1.72 bits per heavy atom. The van der Waals surface area contributed by atoms with E-state index >= 15 is 0 Å². The van der Waals surface area contributed by atoms with Gasteiger partial charge < -0.3 is 15.0 Å². The number of benzene rings is 2. The highest BCUT2D eigenvalue weighted by molar-refractivity contribution is 6.33. The van der Waals surface area contributed by atoms with Crippen molar-refractivity contribution in [3.63, 3.8) is 0 Å². The van der Waals surface area contributed by atoms with Gasteiger partial charge in [0, 0.05) is 24.2 Å². The van der Waals surface area contributed by atoms with Crippen LogP contribution in [0.1, 0.15) is 34.3 Å². The van der Waals surface area contributed by atoms with Crippen molar-refractivity contribution >= 4 is 35.0 Å². The van der Waals surface area contributed by atoms with E-state index in [1.54, 1.807) is 29.2 Å². The number of rotatable bonds is 5. The second-order valence-electron chi connectivity index (χ2n) is 7.27. The number of hydrogen-bond acceptors (Lipinski definition) is 3. The predicted octanol–water partition coefficient (Wildman–Crippen LogP) is 4.41. The van der Waals surface area contributed by atoms with Gasteiger partial charge in [-0.1, -0.05) is 35.3 Å². The van der Waals surface area contributed by atoms with Crippen molar-refractivity contribution in [2.45, 2.75) is 32.7 Å². The first-order chi connectivity index (χ1) is 13.8. The van der Waals surface area contributed by atoms with Gasteiger partial charge in [0.05, 0.1) is 10.6 Å². The Hall–Kier alpha value is -2.24. The molecule has 154 valence electrons. The molecule has 0 atom stereocenters. The number of nitrogens with one attached hydrogen (secondary N) is 1. The van der Waals surface area contributed by atoms with Crippen LogP contribution in [0, 0.1) is 13.8 Å². The molecule has 0 spiro atoms. The molecule has 2 aromatic carbocycles. The molecular weight excluding hydrogens is 411 g/mol. The minimum absolute atomic E-state index is 0.0167. The summed E-state index contributed by atoms with van der Waals surface area (Å²) in [5, 5.41) is 4.15. The zero-order chi connectivity index (χ0) is 21.0. The molecule has 2 amide bonds. The normalized spacial score (nSPS) is 14.6. The Morgan fingerprint density at radius 1 is 1.10 bits per heavy atom. The fraction of sp³-hybridized carbons (Fsp3) is 0.364. The van der Waals surface area contributed by atoms with Gasteiger partial charge in [0.1, 0.15) is 5.75 Å². The molecule has 0 saturated carbocycles. The second-order valence-corrected chi connectivity index (χ2v) is 8.05. The minimum atomic E-state index is -0.183. The second kappa shape index (κ2) is 9.51. The van der Waals surface area contributed by atoms with E-state index in [2.05, 4.69) is 5.32 Å². The van der Waals surface area contributed by atoms with E-state index in [1.165, 1.54) is 0 Å². The number of aryl methyl sites for hydroxylation is 2. The lowest BCUT2D eigenvalue weighted by Crippen LogP contribution is -2.47. The first-order valence-corrected chi connectivity index (χ1v) is 10.3. The maximum absolute atomic E-state index is 12.5. The molecule has 0 unspecified atom stereocenters. The third-order valence-electron chi connectivity index (χ3n) is 5.07. The van der Waals surface area contributed by atoms with Gasteiger partial charge in [-0.25, -0.2) is 0 Å². The van der Waals surface area contributed by atoms with E-state index in [1.807, 2.05) is 26.0 Å². The first-order valence-electron chi connectivity index (χ1n) is 9.58. The summed E-state index contributed by atoms with van der Waals surface area (Å²) in [6.07, 6.45) is 1.39. The van der Waals surface area contributed by atoms with E-state index in [-0.39, 0.29) is 24.5 Å². The Labute approximate surface area is 180 Å². The SMILES string of the molecule is Cc1cc(OCC(=O)N2CCC(NC(=O)c3ccccc3Cl)CC2)cc(C)c1Cl. The lowest BCUT2D eigenvalue weighted by molar-refractivity contribution is -0.134. The number of amides is 2. The number of likely N-dealkylation sites (tertiary alicyclic amines) is 1. The number of halogens is 2. The lowest BCUT2D eigenvalue weighted by Gasteiger charge is -2.32. The molecular formula is C22H24Cl2N2O3. The van der Waals surface area contributed by atoms with Crippen molar-refractivity contribution in [2.75, 3.05) is 19.7 Å². The molecule has 0 aliphatic carbocycles. The van der Waals surface area contributed by atoms with E-state index in [0.29, 0.717) is 47.3 Å². The molecule has 5 nitrogen and oxygen atoms in total. The van der Waals surface area contributed by atoms with Crippen LogP contribution in [0.25, 0.3) is 0 Å². The Balaban J connectivity index is 1.47. The third-order valence-corrected chi connectivity index (χ3v) is 6.00. The molecule has 1 fully saturated rings. The monoisotopic (exact) mass is 434 g/mol. The average Bonchev–Trinajstić information content (AvgIpc) is 2.71. The van der Waals surface area contributed by atoms with Crippen molar-refractivity contribution < 1.29 is 14.3 Å². The molecule has 1 heterocycles. The van der Waals surface area contributed by atoms with Gasteiger partial charge >= 0.3 is 0 Å². The van der Waals surface area contributed by atoms with Gasteiger partial charge in [0.25, 0.3) is 11.8 Å².